The van der Waals surface area contributed by atoms with Gasteiger partial charge in [0.2, 0.25) is 0 Å². The SMILES string of the molecule is CCC=CC(=C(C)OCC1CCCN1c1ncnc2nc[nH]c12)c1nc2ccccc2s1. The lowest BCUT2D eigenvalue weighted by Gasteiger charge is -2.26. The fourth-order valence-electron chi connectivity index (χ4n) is 4.12. The van der Waals surface area contributed by atoms with E-state index in [0.717, 1.165) is 59.0 Å². The maximum absolute atomic E-state index is 6.36. The number of para-hydroxylation sites is 1. The summed E-state index contributed by atoms with van der Waals surface area (Å²) in [6.45, 7) is 5.72. The highest BCUT2D eigenvalue weighted by atomic mass is 32.1. The molecule has 1 aliphatic rings. The number of benzene rings is 1. The molecule has 0 spiro atoms. The van der Waals surface area contributed by atoms with Crippen molar-refractivity contribution in [3.63, 3.8) is 0 Å². The van der Waals surface area contributed by atoms with Crippen LogP contribution >= 0.6 is 11.3 Å². The Morgan fingerprint density at radius 3 is 3.06 bits per heavy atom. The number of hydrogen-bond donors (Lipinski definition) is 1. The van der Waals surface area contributed by atoms with Crippen molar-refractivity contribution in [1.29, 1.82) is 0 Å². The number of fused-ring (bicyclic) bond motifs is 2. The molecule has 3 aromatic heterocycles. The van der Waals surface area contributed by atoms with Gasteiger partial charge in [-0.2, -0.15) is 0 Å². The summed E-state index contributed by atoms with van der Waals surface area (Å²) in [7, 11) is 0. The van der Waals surface area contributed by atoms with E-state index in [1.165, 1.54) is 4.70 Å². The van der Waals surface area contributed by atoms with Crippen LogP contribution in [0.2, 0.25) is 0 Å². The van der Waals surface area contributed by atoms with Crippen molar-refractivity contribution in [1.82, 2.24) is 24.9 Å². The first-order valence-electron chi connectivity index (χ1n) is 11.0. The summed E-state index contributed by atoms with van der Waals surface area (Å²) in [5.41, 5.74) is 3.65. The predicted octanol–water partition coefficient (Wildman–Crippen LogP) is 5.35. The maximum atomic E-state index is 6.36. The molecule has 5 rings (SSSR count). The number of rotatable bonds is 7. The number of nitrogens with zero attached hydrogens (tertiary/aromatic N) is 5. The average molecular weight is 447 g/mol. The summed E-state index contributed by atoms with van der Waals surface area (Å²) in [6, 6.07) is 8.50. The smallest absolute Gasteiger partial charge is 0.182 e. The van der Waals surface area contributed by atoms with Crippen LogP contribution < -0.4 is 4.90 Å². The van der Waals surface area contributed by atoms with Gasteiger partial charge in [-0.15, -0.1) is 11.3 Å². The molecule has 0 saturated carbocycles. The fourth-order valence-corrected chi connectivity index (χ4v) is 5.16. The third-order valence-electron chi connectivity index (χ3n) is 5.77. The zero-order valence-electron chi connectivity index (χ0n) is 18.3. The van der Waals surface area contributed by atoms with Crippen LogP contribution in [0.3, 0.4) is 0 Å². The standard InChI is InChI=1S/C24H26N6OS/c1-3-4-9-18(24-29-19-10-5-6-11-20(19)32-24)16(2)31-13-17-8-7-12-30(17)23-21-22(26-14-25-21)27-15-28-23/h4-6,9-11,14-15,17H,3,7-8,12-13H2,1-2H3,(H,25,26,27,28). The molecule has 4 heterocycles. The Morgan fingerprint density at radius 2 is 2.19 bits per heavy atom. The van der Waals surface area contributed by atoms with Gasteiger partial charge in [0.1, 0.15) is 29.2 Å². The van der Waals surface area contributed by atoms with Crippen LogP contribution in [0.25, 0.3) is 27.0 Å². The van der Waals surface area contributed by atoms with E-state index in [-0.39, 0.29) is 6.04 Å². The second kappa shape index (κ2) is 9.08. The molecule has 1 saturated heterocycles. The lowest BCUT2D eigenvalue weighted by atomic mass is 10.2. The number of aromatic amines is 1. The van der Waals surface area contributed by atoms with Gasteiger partial charge in [0, 0.05) is 12.1 Å². The van der Waals surface area contributed by atoms with E-state index < -0.39 is 0 Å². The highest BCUT2D eigenvalue weighted by Gasteiger charge is 2.28. The van der Waals surface area contributed by atoms with Crippen LogP contribution in [0.15, 0.2) is 54.8 Å². The Kier molecular flexibility index (Phi) is 5.85. The first kappa shape index (κ1) is 20.6. The number of ether oxygens (including phenoxy) is 1. The number of aromatic nitrogens is 5. The molecule has 0 amide bonds. The van der Waals surface area contributed by atoms with Gasteiger partial charge in [0.05, 0.1) is 22.6 Å². The zero-order valence-corrected chi connectivity index (χ0v) is 19.1. The molecule has 1 atom stereocenters. The third kappa shape index (κ3) is 3.98. The average Bonchev–Trinajstić information content (AvgIpc) is 3.56. The minimum absolute atomic E-state index is 0.248. The minimum Gasteiger partial charge on any atom is -0.495 e. The van der Waals surface area contributed by atoms with Crippen LogP contribution in [-0.4, -0.2) is 44.1 Å². The van der Waals surface area contributed by atoms with E-state index in [2.05, 4.69) is 62.1 Å². The van der Waals surface area contributed by atoms with Crippen molar-refractivity contribution in [3.05, 3.63) is 59.8 Å². The summed E-state index contributed by atoms with van der Waals surface area (Å²) < 4.78 is 7.55. The first-order valence-corrected chi connectivity index (χ1v) is 11.8. The van der Waals surface area contributed by atoms with E-state index in [4.69, 9.17) is 9.72 Å². The Hall–Kier alpha value is -3.26. The van der Waals surface area contributed by atoms with Crippen LogP contribution in [0.1, 0.15) is 38.1 Å². The molecule has 1 N–H and O–H groups in total. The van der Waals surface area contributed by atoms with E-state index in [1.807, 2.05) is 13.0 Å². The molecule has 1 aliphatic heterocycles. The van der Waals surface area contributed by atoms with Gasteiger partial charge in [-0.3, -0.25) is 0 Å². The van der Waals surface area contributed by atoms with Gasteiger partial charge < -0.3 is 14.6 Å². The van der Waals surface area contributed by atoms with Crippen molar-refractivity contribution in [2.75, 3.05) is 18.1 Å². The van der Waals surface area contributed by atoms with Crippen molar-refractivity contribution < 1.29 is 4.74 Å². The quantitative estimate of drug-likeness (QED) is 0.305. The predicted molar refractivity (Wildman–Crippen MR) is 130 cm³/mol. The summed E-state index contributed by atoms with van der Waals surface area (Å²) in [5.74, 6) is 1.80. The van der Waals surface area contributed by atoms with E-state index in [9.17, 15) is 0 Å². The van der Waals surface area contributed by atoms with Crippen molar-refractivity contribution in [2.45, 2.75) is 39.2 Å². The largest absolute Gasteiger partial charge is 0.495 e. The maximum Gasteiger partial charge on any atom is 0.182 e. The Bertz CT molecular complexity index is 1260. The van der Waals surface area contributed by atoms with Gasteiger partial charge in [-0.05, 0) is 38.3 Å². The lowest BCUT2D eigenvalue weighted by molar-refractivity contribution is 0.197. The second-order valence-corrected chi connectivity index (χ2v) is 8.90. The molecule has 8 heteroatoms. The molecular formula is C24H26N6OS. The fraction of sp³-hybridized carbons (Fsp3) is 0.333. The number of hydrogen-bond acceptors (Lipinski definition) is 7. The van der Waals surface area contributed by atoms with Gasteiger partial charge in [0.25, 0.3) is 0 Å². The van der Waals surface area contributed by atoms with Gasteiger partial charge >= 0.3 is 0 Å². The topological polar surface area (TPSA) is 79.8 Å². The first-order chi connectivity index (χ1) is 15.7. The monoisotopic (exact) mass is 446 g/mol. The lowest BCUT2D eigenvalue weighted by Crippen LogP contribution is -2.34. The molecule has 32 heavy (non-hydrogen) atoms. The highest BCUT2D eigenvalue weighted by molar-refractivity contribution is 7.19. The summed E-state index contributed by atoms with van der Waals surface area (Å²) in [6.07, 6.45) is 10.7. The number of imidazole rings is 1. The van der Waals surface area contributed by atoms with E-state index in [0.29, 0.717) is 12.3 Å². The molecule has 1 aromatic carbocycles. The molecule has 164 valence electrons. The van der Waals surface area contributed by atoms with Gasteiger partial charge in [-0.1, -0.05) is 31.2 Å². The van der Waals surface area contributed by atoms with E-state index in [1.54, 1.807) is 24.0 Å². The van der Waals surface area contributed by atoms with Crippen LogP contribution in [-0.2, 0) is 4.74 Å². The Morgan fingerprint density at radius 1 is 1.28 bits per heavy atom. The highest BCUT2D eigenvalue weighted by Crippen LogP contribution is 2.32. The van der Waals surface area contributed by atoms with Crippen LogP contribution in [0.4, 0.5) is 5.82 Å². The number of allylic oxidation sites excluding steroid dienone is 4. The summed E-state index contributed by atoms with van der Waals surface area (Å²) in [4.78, 5) is 23.4. The van der Waals surface area contributed by atoms with Crippen LogP contribution in [0.5, 0.6) is 0 Å². The molecule has 1 fully saturated rings. The molecule has 0 radical (unpaired) electrons. The number of H-pyrrole nitrogens is 1. The minimum atomic E-state index is 0.248. The number of nitrogens with one attached hydrogen (secondary N) is 1. The summed E-state index contributed by atoms with van der Waals surface area (Å²) >= 11 is 1.70. The van der Waals surface area contributed by atoms with Crippen molar-refractivity contribution >= 4 is 44.1 Å². The Labute approximate surface area is 190 Å². The zero-order chi connectivity index (χ0) is 21.9. The van der Waals surface area contributed by atoms with Crippen molar-refractivity contribution in [3.8, 4) is 0 Å². The molecular weight excluding hydrogens is 420 g/mol. The van der Waals surface area contributed by atoms with Crippen LogP contribution in [0, 0.1) is 0 Å². The normalized spacial score (nSPS) is 17.6. The van der Waals surface area contributed by atoms with Gasteiger partial charge in [0.15, 0.2) is 11.5 Å². The number of thiazole rings is 1. The van der Waals surface area contributed by atoms with Gasteiger partial charge in [-0.25, -0.2) is 19.9 Å². The van der Waals surface area contributed by atoms with Crippen molar-refractivity contribution in [2.24, 2.45) is 0 Å². The second-order valence-electron chi connectivity index (χ2n) is 7.87. The molecule has 0 bridgehead atoms. The molecule has 4 aromatic rings. The molecule has 0 aliphatic carbocycles. The summed E-state index contributed by atoms with van der Waals surface area (Å²) in [5, 5.41) is 0.992. The Balaban J connectivity index is 1.39. The molecule has 1 unspecified atom stereocenters. The van der Waals surface area contributed by atoms with E-state index >= 15 is 0 Å². The molecule has 7 nitrogen and oxygen atoms in total. The third-order valence-corrected chi connectivity index (χ3v) is 6.84. The number of anilines is 1.